The monoisotopic (exact) mass is 181 g/mol. The Kier molecular flexibility index (Phi) is 5.29. The van der Waals surface area contributed by atoms with E-state index in [2.05, 4.69) is 6.58 Å². The van der Waals surface area contributed by atoms with Crippen molar-refractivity contribution in [2.24, 2.45) is 0 Å². The van der Waals surface area contributed by atoms with E-state index in [-0.39, 0.29) is 5.76 Å². The summed E-state index contributed by atoms with van der Waals surface area (Å²) in [5.74, 6) is -0.569. The molecule has 13 heavy (non-hydrogen) atoms. The van der Waals surface area contributed by atoms with E-state index in [4.69, 9.17) is 10.00 Å². The summed E-state index contributed by atoms with van der Waals surface area (Å²) in [6.45, 7) is 7.08. The van der Waals surface area contributed by atoms with Crippen LogP contribution in [0.2, 0.25) is 0 Å². The second-order valence-electron chi connectivity index (χ2n) is 2.33. The van der Waals surface area contributed by atoms with Crippen LogP contribution in [0.15, 0.2) is 35.9 Å². The number of rotatable bonds is 4. The summed E-state index contributed by atoms with van der Waals surface area (Å²) < 4.78 is 17.8. The molecule has 0 spiro atoms. The lowest BCUT2D eigenvalue weighted by Gasteiger charge is -2.02. The van der Waals surface area contributed by atoms with Crippen LogP contribution < -0.4 is 0 Å². The van der Waals surface area contributed by atoms with Crippen molar-refractivity contribution in [2.45, 2.75) is 13.8 Å². The quantitative estimate of drug-likeness (QED) is 0.379. The number of nitrogens with zero attached hydrogens (tertiary/aromatic N) is 1. The maximum absolute atomic E-state index is 13.0. The third-order valence-corrected chi connectivity index (χ3v) is 1.24. The Bertz CT molecular complexity index is 284. The van der Waals surface area contributed by atoms with Crippen molar-refractivity contribution < 1.29 is 9.13 Å². The zero-order valence-corrected chi connectivity index (χ0v) is 7.80. The smallest absolute Gasteiger partial charge is 0.164 e. The van der Waals surface area contributed by atoms with Crippen LogP contribution in [0.1, 0.15) is 13.8 Å². The highest BCUT2D eigenvalue weighted by atomic mass is 19.1. The van der Waals surface area contributed by atoms with Gasteiger partial charge in [-0.05, 0) is 26.0 Å². The Morgan fingerprint density at radius 2 is 2.23 bits per heavy atom. The Labute approximate surface area is 77.6 Å². The summed E-state index contributed by atoms with van der Waals surface area (Å²) >= 11 is 0. The van der Waals surface area contributed by atoms with Crippen molar-refractivity contribution in [3.8, 4) is 6.07 Å². The molecule has 0 atom stereocenters. The summed E-state index contributed by atoms with van der Waals surface area (Å²) in [5.41, 5.74) is 0.430. The van der Waals surface area contributed by atoms with E-state index in [1.807, 2.05) is 6.07 Å². The second-order valence-corrected chi connectivity index (χ2v) is 2.33. The van der Waals surface area contributed by atoms with Crippen LogP contribution in [0.3, 0.4) is 0 Å². The normalized spacial score (nSPS) is 12.2. The number of halogens is 1. The molecular weight excluding hydrogens is 169 g/mol. The van der Waals surface area contributed by atoms with Gasteiger partial charge in [-0.2, -0.15) is 5.26 Å². The largest absolute Gasteiger partial charge is 0.491 e. The molecule has 70 valence electrons. The molecule has 0 fully saturated rings. The molecule has 0 aromatic carbocycles. The lowest BCUT2D eigenvalue weighted by atomic mass is 10.3. The van der Waals surface area contributed by atoms with Gasteiger partial charge in [-0.3, -0.25) is 0 Å². The summed E-state index contributed by atoms with van der Waals surface area (Å²) in [7, 11) is 0. The van der Waals surface area contributed by atoms with Crippen LogP contribution in [-0.4, -0.2) is 6.61 Å². The van der Waals surface area contributed by atoms with E-state index in [9.17, 15) is 4.39 Å². The second kappa shape index (κ2) is 6.01. The molecule has 0 aromatic rings. The molecule has 0 aliphatic carbocycles. The molecule has 0 saturated carbocycles. The highest BCUT2D eigenvalue weighted by Gasteiger charge is 1.99. The van der Waals surface area contributed by atoms with Gasteiger partial charge in [0, 0.05) is 5.57 Å². The minimum atomic E-state index is -0.559. The van der Waals surface area contributed by atoms with Crippen molar-refractivity contribution in [3.63, 3.8) is 0 Å². The molecule has 3 heteroatoms. The molecule has 0 heterocycles. The first-order chi connectivity index (χ1) is 6.11. The average molecular weight is 181 g/mol. The first kappa shape index (κ1) is 11.4. The maximum atomic E-state index is 13.0. The highest BCUT2D eigenvalue weighted by molar-refractivity contribution is 5.28. The predicted molar refractivity (Wildman–Crippen MR) is 49.3 cm³/mol. The fourth-order valence-corrected chi connectivity index (χ4v) is 0.572. The average Bonchev–Trinajstić information content (AvgIpc) is 2.13. The third kappa shape index (κ3) is 4.81. The fraction of sp³-hybridized carbons (Fsp3) is 0.300. The van der Waals surface area contributed by atoms with E-state index < -0.39 is 5.83 Å². The first-order valence-electron chi connectivity index (χ1n) is 3.88. The minimum absolute atomic E-state index is 0.00973. The zero-order chi connectivity index (χ0) is 10.3. The van der Waals surface area contributed by atoms with Crippen LogP contribution in [0.5, 0.6) is 0 Å². The summed E-state index contributed by atoms with van der Waals surface area (Å²) in [6.07, 6.45) is 2.54. The van der Waals surface area contributed by atoms with Crippen molar-refractivity contribution >= 4 is 0 Å². The molecule has 0 aliphatic rings. The maximum Gasteiger partial charge on any atom is 0.164 e. The Hall–Kier alpha value is -1.56. The van der Waals surface area contributed by atoms with Crippen LogP contribution in [0.4, 0.5) is 4.39 Å². The van der Waals surface area contributed by atoms with Crippen LogP contribution in [0, 0.1) is 11.3 Å². The van der Waals surface area contributed by atoms with Gasteiger partial charge in [0.2, 0.25) is 0 Å². The van der Waals surface area contributed by atoms with E-state index in [0.717, 1.165) is 6.08 Å². The van der Waals surface area contributed by atoms with Gasteiger partial charge in [-0.1, -0.05) is 6.58 Å². The topological polar surface area (TPSA) is 33.0 Å². The first-order valence-corrected chi connectivity index (χ1v) is 3.88. The summed E-state index contributed by atoms with van der Waals surface area (Å²) in [4.78, 5) is 0. The van der Waals surface area contributed by atoms with E-state index in [0.29, 0.717) is 12.2 Å². The molecule has 0 radical (unpaired) electrons. The number of hydrogen-bond donors (Lipinski definition) is 0. The van der Waals surface area contributed by atoms with E-state index in [1.54, 1.807) is 13.8 Å². The van der Waals surface area contributed by atoms with Crippen molar-refractivity contribution in [1.82, 2.24) is 0 Å². The van der Waals surface area contributed by atoms with Crippen molar-refractivity contribution in [2.75, 3.05) is 6.61 Å². The van der Waals surface area contributed by atoms with Gasteiger partial charge >= 0.3 is 0 Å². The standard InChI is InChI=1S/C10H12FNO/c1-4-13-9(3)10(11)6-5-8(2)7-12/h5-6H,3-4H2,1-2H3/b8-5+,10-6+. The number of nitriles is 1. The predicted octanol–water partition coefficient (Wildman–Crippen LogP) is 2.86. The van der Waals surface area contributed by atoms with Crippen LogP contribution >= 0.6 is 0 Å². The van der Waals surface area contributed by atoms with Gasteiger partial charge in [0.05, 0.1) is 12.7 Å². The number of hydrogen-bond acceptors (Lipinski definition) is 2. The van der Waals surface area contributed by atoms with Gasteiger partial charge in [-0.15, -0.1) is 0 Å². The number of allylic oxidation sites excluding steroid dienone is 4. The van der Waals surface area contributed by atoms with Gasteiger partial charge in [-0.25, -0.2) is 4.39 Å². The molecule has 2 nitrogen and oxygen atoms in total. The molecular formula is C10H12FNO. The van der Waals surface area contributed by atoms with Gasteiger partial charge in [0.25, 0.3) is 0 Å². The highest BCUT2D eigenvalue weighted by Crippen LogP contribution is 2.10. The molecule has 0 N–H and O–H groups in total. The fourth-order valence-electron chi connectivity index (χ4n) is 0.572. The number of ether oxygens (including phenoxy) is 1. The minimum Gasteiger partial charge on any atom is -0.491 e. The Morgan fingerprint density at radius 3 is 2.69 bits per heavy atom. The SMILES string of the molecule is C=C(OCC)/C(F)=C\C=C(/C)C#N. The van der Waals surface area contributed by atoms with Gasteiger partial charge < -0.3 is 4.74 Å². The lowest BCUT2D eigenvalue weighted by Crippen LogP contribution is -1.89. The van der Waals surface area contributed by atoms with Gasteiger partial charge in [0.15, 0.2) is 5.83 Å². The Morgan fingerprint density at radius 1 is 1.62 bits per heavy atom. The molecule has 0 bridgehead atoms. The van der Waals surface area contributed by atoms with Crippen molar-refractivity contribution in [1.29, 1.82) is 5.26 Å². The van der Waals surface area contributed by atoms with Crippen LogP contribution in [0.25, 0.3) is 0 Å². The van der Waals surface area contributed by atoms with Gasteiger partial charge in [0.1, 0.15) is 5.76 Å². The zero-order valence-electron chi connectivity index (χ0n) is 7.80. The molecule has 0 aliphatic heterocycles. The van der Waals surface area contributed by atoms with E-state index in [1.165, 1.54) is 6.08 Å². The third-order valence-electron chi connectivity index (χ3n) is 1.24. The summed E-state index contributed by atoms with van der Waals surface area (Å²) in [5, 5.41) is 8.37. The van der Waals surface area contributed by atoms with E-state index >= 15 is 0 Å². The molecule has 0 rings (SSSR count). The Balaban J connectivity index is 4.35. The van der Waals surface area contributed by atoms with Crippen LogP contribution in [-0.2, 0) is 4.74 Å². The molecule has 0 aromatic heterocycles. The molecule has 0 unspecified atom stereocenters. The molecule has 0 amide bonds. The summed E-state index contributed by atoms with van der Waals surface area (Å²) in [6, 6.07) is 1.87. The van der Waals surface area contributed by atoms with Crippen molar-refractivity contribution in [3.05, 3.63) is 35.9 Å². The lowest BCUT2D eigenvalue weighted by molar-refractivity contribution is 0.227. The molecule has 0 saturated heterocycles.